The minimum atomic E-state index is -0.148. The van der Waals surface area contributed by atoms with E-state index in [-0.39, 0.29) is 27.7 Å². The predicted molar refractivity (Wildman–Crippen MR) is 57.2 cm³/mol. The van der Waals surface area contributed by atoms with Crippen molar-refractivity contribution in [2.45, 2.75) is 20.3 Å². The van der Waals surface area contributed by atoms with Gasteiger partial charge in [-0.15, -0.1) is 0 Å². The Morgan fingerprint density at radius 2 is 2.07 bits per heavy atom. The van der Waals surface area contributed by atoms with Crippen LogP contribution in [0, 0.1) is 17.3 Å². The van der Waals surface area contributed by atoms with Crippen LogP contribution in [0.1, 0.15) is 20.3 Å². The molecule has 0 heterocycles. The lowest BCUT2D eigenvalue weighted by atomic mass is 9.55. The Morgan fingerprint density at radius 3 is 2.43 bits per heavy atom. The smallest absolute Gasteiger partial charge is 0.309 e. The number of hydrogen-bond donors (Lipinski definition) is 0. The normalized spacial score (nSPS) is 28.9. The zero-order valence-corrected chi connectivity index (χ0v) is 10.0. The van der Waals surface area contributed by atoms with Crippen molar-refractivity contribution >= 4 is 29.2 Å². The molecule has 80 valence electrons. The summed E-state index contributed by atoms with van der Waals surface area (Å²) in [6, 6.07) is 0. The van der Waals surface area contributed by atoms with Gasteiger partial charge in [0.25, 0.3) is 0 Å². The third kappa shape index (κ3) is 2.06. The van der Waals surface area contributed by atoms with Crippen LogP contribution >= 0.6 is 23.2 Å². The van der Waals surface area contributed by atoms with Crippen LogP contribution in [-0.4, -0.2) is 13.1 Å². The molecular formula is C10H14Cl2O2. The molecule has 0 aliphatic heterocycles. The highest BCUT2D eigenvalue weighted by atomic mass is 35.5. The van der Waals surface area contributed by atoms with Gasteiger partial charge in [-0.05, 0) is 17.8 Å². The molecule has 0 aromatic rings. The standard InChI is InChI=1S/C10H14Cl2O2/c1-10(2)6(5-8(11)12)4-7(10)9(13)14-3/h5-7H,4H2,1-3H3. The van der Waals surface area contributed by atoms with E-state index in [1.54, 1.807) is 6.08 Å². The second kappa shape index (κ2) is 4.11. The molecule has 2 nitrogen and oxygen atoms in total. The molecule has 0 spiro atoms. The summed E-state index contributed by atoms with van der Waals surface area (Å²) >= 11 is 11.2. The van der Waals surface area contributed by atoms with E-state index >= 15 is 0 Å². The second-order valence-electron chi connectivity index (χ2n) is 4.20. The van der Waals surface area contributed by atoms with Gasteiger partial charge in [-0.25, -0.2) is 0 Å². The van der Waals surface area contributed by atoms with Crippen molar-refractivity contribution in [3.05, 3.63) is 10.6 Å². The van der Waals surface area contributed by atoms with Gasteiger partial charge in [0.05, 0.1) is 13.0 Å². The van der Waals surface area contributed by atoms with Crippen molar-refractivity contribution in [1.29, 1.82) is 0 Å². The summed E-state index contributed by atoms with van der Waals surface area (Å²) < 4.78 is 4.99. The van der Waals surface area contributed by atoms with Gasteiger partial charge in [0.1, 0.15) is 4.49 Å². The Hall–Kier alpha value is -0.210. The monoisotopic (exact) mass is 236 g/mol. The highest BCUT2D eigenvalue weighted by molar-refractivity contribution is 6.55. The highest BCUT2D eigenvalue weighted by Crippen LogP contribution is 2.53. The molecule has 0 aromatic heterocycles. The van der Waals surface area contributed by atoms with Crippen LogP contribution in [-0.2, 0) is 9.53 Å². The van der Waals surface area contributed by atoms with E-state index in [0.29, 0.717) is 0 Å². The van der Waals surface area contributed by atoms with Crippen LogP contribution in [0.5, 0.6) is 0 Å². The van der Waals surface area contributed by atoms with Crippen LogP contribution in [0.15, 0.2) is 10.6 Å². The number of ether oxygens (including phenoxy) is 1. The number of halogens is 2. The van der Waals surface area contributed by atoms with Crippen LogP contribution in [0.4, 0.5) is 0 Å². The van der Waals surface area contributed by atoms with Gasteiger partial charge >= 0.3 is 5.97 Å². The Balaban J connectivity index is 2.68. The molecule has 0 aromatic carbocycles. The molecule has 1 aliphatic carbocycles. The van der Waals surface area contributed by atoms with E-state index in [1.165, 1.54) is 7.11 Å². The summed E-state index contributed by atoms with van der Waals surface area (Å²) in [6.07, 6.45) is 2.56. The van der Waals surface area contributed by atoms with Crippen LogP contribution < -0.4 is 0 Å². The van der Waals surface area contributed by atoms with E-state index in [9.17, 15) is 4.79 Å². The average molecular weight is 237 g/mol. The fourth-order valence-corrected chi connectivity index (χ4v) is 2.24. The topological polar surface area (TPSA) is 26.3 Å². The summed E-state index contributed by atoms with van der Waals surface area (Å²) in [5, 5.41) is 0. The van der Waals surface area contributed by atoms with Gasteiger partial charge in [0, 0.05) is 0 Å². The molecule has 1 saturated carbocycles. The fraction of sp³-hybridized carbons (Fsp3) is 0.700. The third-order valence-corrected chi connectivity index (χ3v) is 3.41. The van der Waals surface area contributed by atoms with Gasteiger partial charge in [-0.2, -0.15) is 0 Å². The van der Waals surface area contributed by atoms with Gasteiger partial charge in [0.2, 0.25) is 0 Å². The summed E-state index contributed by atoms with van der Waals surface area (Å²) in [6.45, 7) is 4.05. The maximum absolute atomic E-state index is 11.3. The molecule has 0 amide bonds. The zero-order chi connectivity index (χ0) is 10.9. The second-order valence-corrected chi connectivity index (χ2v) is 5.20. The van der Waals surface area contributed by atoms with Crippen molar-refractivity contribution in [3.8, 4) is 0 Å². The van der Waals surface area contributed by atoms with Gasteiger partial charge in [0.15, 0.2) is 0 Å². The number of allylic oxidation sites excluding steroid dienone is 1. The molecule has 0 radical (unpaired) electrons. The summed E-state index contributed by atoms with van der Waals surface area (Å²) in [5.41, 5.74) is -0.109. The van der Waals surface area contributed by atoms with Gasteiger partial charge in [-0.1, -0.05) is 43.1 Å². The molecule has 2 unspecified atom stereocenters. The Labute approximate surface area is 94.2 Å². The third-order valence-electron chi connectivity index (χ3n) is 3.16. The first-order valence-corrected chi connectivity index (χ1v) is 5.25. The first-order valence-electron chi connectivity index (χ1n) is 4.50. The van der Waals surface area contributed by atoms with Crippen molar-refractivity contribution in [3.63, 3.8) is 0 Å². The highest BCUT2D eigenvalue weighted by Gasteiger charge is 2.51. The predicted octanol–water partition coefficient (Wildman–Crippen LogP) is 3.14. The van der Waals surface area contributed by atoms with Crippen molar-refractivity contribution in [1.82, 2.24) is 0 Å². The van der Waals surface area contributed by atoms with Crippen LogP contribution in [0.25, 0.3) is 0 Å². The van der Waals surface area contributed by atoms with E-state index in [0.717, 1.165) is 6.42 Å². The van der Waals surface area contributed by atoms with Crippen LogP contribution in [0.3, 0.4) is 0 Å². The first-order chi connectivity index (χ1) is 6.39. The fourth-order valence-electron chi connectivity index (χ4n) is 1.94. The van der Waals surface area contributed by atoms with Gasteiger partial charge < -0.3 is 4.74 Å². The van der Waals surface area contributed by atoms with E-state index in [1.807, 2.05) is 13.8 Å². The molecule has 0 saturated heterocycles. The average Bonchev–Trinajstić information content (AvgIpc) is 2.10. The maximum Gasteiger partial charge on any atom is 0.309 e. The zero-order valence-electron chi connectivity index (χ0n) is 8.51. The SMILES string of the molecule is COC(=O)C1CC(C=C(Cl)Cl)C1(C)C. The molecule has 0 bridgehead atoms. The van der Waals surface area contributed by atoms with E-state index in [2.05, 4.69) is 0 Å². The molecular weight excluding hydrogens is 223 g/mol. The van der Waals surface area contributed by atoms with Crippen molar-refractivity contribution in [2.24, 2.45) is 17.3 Å². The number of esters is 1. The lowest BCUT2D eigenvalue weighted by Gasteiger charge is -2.49. The number of methoxy groups -OCH3 is 1. The minimum Gasteiger partial charge on any atom is -0.469 e. The Kier molecular flexibility index (Phi) is 3.49. The Morgan fingerprint density at radius 1 is 1.50 bits per heavy atom. The quantitative estimate of drug-likeness (QED) is 0.689. The molecule has 0 N–H and O–H groups in total. The molecule has 1 aliphatic rings. The number of carbonyl (C=O) groups is 1. The Bertz CT molecular complexity index is 267. The molecule has 2 atom stereocenters. The van der Waals surface area contributed by atoms with E-state index in [4.69, 9.17) is 27.9 Å². The maximum atomic E-state index is 11.3. The van der Waals surface area contributed by atoms with Crippen LogP contribution in [0.2, 0.25) is 0 Å². The van der Waals surface area contributed by atoms with Crippen molar-refractivity contribution in [2.75, 3.05) is 7.11 Å². The molecule has 1 rings (SSSR count). The molecule has 14 heavy (non-hydrogen) atoms. The minimum absolute atomic E-state index is 0.0403. The summed E-state index contributed by atoms with van der Waals surface area (Å²) in [7, 11) is 1.41. The largest absolute Gasteiger partial charge is 0.469 e. The summed E-state index contributed by atoms with van der Waals surface area (Å²) in [4.78, 5) is 11.3. The number of rotatable bonds is 2. The first kappa shape index (κ1) is 11.9. The lowest BCUT2D eigenvalue weighted by Crippen LogP contribution is -2.48. The van der Waals surface area contributed by atoms with Crippen molar-refractivity contribution < 1.29 is 9.53 Å². The number of hydrogen-bond acceptors (Lipinski definition) is 2. The number of carbonyl (C=O) groups excluding carboxylic acids is 1. The lowest BCUT2D eigenvalue weighted by molar-refractivity contribution is -0.159. The van der Waals surface area contributed by atoms with E-state index < -0.39 is 0 Å². The molecule has 1 fully saturated rings. The molecule has 4 heteroatoms. The summed E-state index contributed by atoms with van der Waals surface area (Å²) in [5.74, 6) is 0.0726. The van der Waals surface area contributed by atoms with Gasteiger partial charge in [-0.3, -0.25) is 4.79 Å².